The number of nitrogens with two attached hydrogens (primary N) is 1. The Morgan fingerprint density at radius 3 is 2.50 bits per heavy atom. The largest absolute Gasteiger partial charge is 0.370 e. The maximum Gasteiger partial charge on any atom is 0.145 e. The second kappa shape index (κ2) is 7.07. The van der Waals surface area contributed by atoms with Gasteiger partial charge in [-0.15, -0.1) is 0 Å². The summed E-state index contributed by atoms with van der Waals surface area (Å²) in [5.41, 5.74) is 3.78. The minimum atomic E-state index is 0.617. The van der Waals surface area contributed by atoms with Gasteiger partial charge in [-0.05, 0) is 24.1 Å². The van der Waals surface area contributed by atoms with E-state index < -0.39 is 0 Å². The fourth-order valence-electron chi connectivity index (χ4n) is 1.81. The normalized spacial score (nSPS) is 10.3. The summed E-state index contributed by atoms with van der Waals surface area (Å²) in [6.07, 6.45) is 1.66. The van der Waals surface area contributed by atoms with Crippen LogP contribution in [-0.2, 0) is 12.8 Å². The average Bonchev–Trinajstić information content (AvgIpc) is 2.49. The predicted molar refractivity (Wildman–Crippen MR) is 82.9 cm³/mol. The predicted octanol–water partition coefficient (Wildman–Crippen LogP) is 2.63. The Balaban J connectivity index is 1.94. The number of rotatable bonds is 6. The molecule has 0 amide bonds. The highest BCUT2D eigenvalue weighted by molar-refractivity contribution is 6.30. The van der Waals surface area contributed by atoms with Crippen LogP contribution in [0.4, 0.5) is 11.6 Å². The van der Waals surface area contributed by atoms with E-state index >= 15 is 0 Å². The fourth-order valence-corrected chi connectivity index (χ4v) is 1.93. The van der Waals surface area contributed by atoms with Crippen LogP contribution in [0.3, 0.4) is 0 Å². The Bertz CT molecular complexity index is 534. The molecule has 0 fully saturated rings. The van der Waals surface area contributed by atoms with Crippen LogP contribution in [0.15, 0.2) is 30.3 Å². The van der Waals surface area contributed by atoms with Crippen molar-refractivity contribution in [3.05, 3.63) is 46.7 Å². The Labute approximate surface area is 123 Å². The number of nitrogens with one attached hydrogen (secondary N) is 2. The Morgan fingerprint density at radius 1 is 1.15 bits per heavy atom. The van der Waals surface area contributed by atoms with Gasteiger partial charge in [-0.3, -0.25) is 0 Å². The molecule has 0 saturated carbocycles. The second-order valence-electron chi connectivity index (χ2n) is 4.36. The van der Waals surface area contributed by atoms with E-state index in [9.17, 15) is 0 Å². The third-order valence-corrected chi connectivity index (χ3v) is 3.12. The topological polar surface area (TPSA) is 75.9 Å². The van der Waals surface area contributed by atoms with Crippen LogP contribution in [0.2, 0.25) is 5.02 Å². The highest BCUT2D eigenvalue weighted by atomic mass is 35.5. The third kappa shape index (κ3) is 4.08. The standard InChI is InChI=1S/C14H18ClN5/c1-2-12-18-13(9-14(19-12)20-16)17-8-7-10-3-5-11(15)6-4-10/h3-6,9H,2,7-8,16H2,1H3,(H2,17,18,19,20). The zero-order chi connectivity index (χ0) is 14.4. The summed E-state index contributed by atoms with van der Waals surface area (Å²) in [6, 6.07) is 9.63. The molecule has 5 nitrogen and oxygen atoms in total. The van der Waals surface area contributed by atoms with Gasteiger partial charge >= 0.3 is 0 Å². The van der Waals surface area contributed by atoms with E-state index in [1.54, 1.807) is 6.07 Å². The number of anilines is 2. The lowest BCUT2D eigenvalue weighted by atomic mass is 10.1. The molecule has 1 aromatic carbocycles. The average molecular weight is 292 g/mol. The molecule has 1 heterocycles. The summed E-state index contributed by atoms with van der Waals surface area (Å²) in [4.78, 5) is 8.65. The molecular formula is C14H18ClN5. The molecule has 0 radical (unpaired) electrons. The van der Waals surface area contributed by atoms with E-state index in [0.29, 0.717) is 5.82 Å². The number of aromatic nitrogens is 2. The van der Waals surface area contributed by atoms with Gasteiger partial charge in [-0.1, -0.05) is 30.7 Å². The molecule has 2 aromatic rings. The monoisotopic (exact) mass is 291 g/mol. The van der Waals surface area contributed by atoms with Crippen LogP contribution >= 0.6 is 11.6 Å². The van der Waals surface area contributed by atoms with Gasteiger partial charge in [0.05, 0.1) is 0 Å². The van der Waals surface area contributed by atoms with E-state index in [2.05, 4.69) is 20.7 Å². The highest BCUT2D eigenvalue weighted by Gasteiger charge is 2.02. The van der Waals surface area contributed by atoms with Gasteiger partial charge in [0.1, 0.15) is 17.5 Å². The van der Waals surface area contributed by atoms with Crippen molar-refractivity contribution in [2.75, 3.05) is 17.3 Å². The maximum absolute atomic E-state index is 5.86. The molecule has 6 heteroatoms. The van der Waals surface area contributed by atoms with Gasteiger partial charge < -0.3 is 10.7 Å². The Morgan fingerprint density at radius 2 is 1.85 bits per heavy atom. The molecule has 0 aliphatic carbocycles. The lowest BCUT2D eigenvalue weighted by molar-refractivity contribution is 0.924. The van der Waals surface area contributed by atoms with Gasteiger partial charge in [0, 0.05) is 24.1 Å². The first-order valence-electron chi connectivity index (χ1n) is 6.54. The molecule has 0 bridgehead atoms. The number of aryl methyl sites for hydroxylation is 1. The number of halogens is 1. The zero-order valence-electron chi connectivity index (χ0n) is 11.4. The number of nitrogens with zero attached hydrogens (tertiary/aromatic N) is 2. The summed E-state index contributed by atoms with van der Waals surface area (Å²) in [6.45, 7) is 2.79. The van der Waals surface area contributed by atoms with Gasteiger partial charge in [0.2, 0.25) is 0 Å². The fraction of sp³-hybridized carbons (Fsp3) is 0.286. The first-order chi connectivity index (χ1) is 9.71. The van der Waals surface area contributed by atoms with Crippen LogP contribution in [0.5, 0.6) is 0 Å². The summed E-state index contributed by atoms with van der Waals surface area (Å²) < 4.78 is 0. The van der Waals surface area contributed by atoms with Crippen LogP contribution in [0, 0.1) is 0 Å². The van der Waals surface area contributed by atoms with Crippen molar-refractivity contribution in [2.45, 2.75) is 19.8 Å². The Hall–Kier alpha value is -1.85. The highest BCUT2D eigenvalue weighted by Crippen LogP contribution is 2.12. The molecule has 0 saturated heterocycles. The van der Waals surface area contributed by atoms with Gasteiger partial charge in [0.25, 0.3) is 0 Å². The van der Waals surface area contributed by atoms with E-state index in [0.717, 1.165) is 36.1 Å². The van der Waals surface area contributed by atoms with Crippen molar-refractivity contribution in [3.8, 4) is 0 Å². The van der Waals surface area contributed by atoms with Crippen molar-refractivity contribution in [2.24, 2.45) is 5.84 Å². The zero-order valence-corrected chi connectivity index (χ0v) is 12.1. The molecule has 2 rings (SSSR count). The summed E-state index contributed by atoms with van der Waals surface area (Å²) in [7, 11) is 0. The quantitative estimate of drug-likeness (QED) is 0.563. The molecular weight excluding hydrogens is 274 g/mol. The third-order valence-electron chi connectivity index (χ3n) is 2.87. The lowest BCUT2D eigenvalue weighted by Crippen LogP contribution is -2.13. The van der Waals surface area contributed by atoms with E-state index in [1.165, 1.54) is 5.56 Å². The number of nitrogen functional groups attached to an aromatic ring is 1. The molecule has 0 aliphatic rings. The van der Waals surface area contributed by atoms with Crippen molar-refractivity contribution >= 4 is 23.2 Å². The lowest BCUT2D eigenvalue weighted by Gasteiger charge is -2.09. The van der Waals surface area contributed by atoms with Crippen molar-refractivity contribution in [1.82, 2.24) is 9.97 Å². The minimum absolute atomic E-state index is 0.617. The van der Waals surface area contributed by atoms with E-state index in [4.69, 9.17) is 17.4 Å². The molecule has 1 aromatic heterocycles. The molecule has 20 heavy (non-hydrogen) atoms. The van der Waals surface area contributed by atoms with Crippen LogP contribution in [0.1, 0.15) is 18.3 Å². The summed E-state index contributed by atoms with van der Waals surface area (Å²) in [5.74, 6) is 7.55. The first-order valence-corrected chi connectivity index (χ1v) is 6.92. The van der Waals surface area contributed by atoms with Crippen molar-refractivity contribution in [1.29, 1.82) is 0 Å². The molecule has 0 atom stereocenters. The SMILES string of the molecule is CCc1nc(NN)cc(NCCc2ccc(Cl)cc2)n1. The van der Waals surface area contributed by atoms with Crippen LogP contribution in [-0.4, -0.2) is 16.5 Å². The Kier molecular flexibility index (Phi) is 5.15. The van der Waals surface area contributed by atoms with E-state index in [1.807, 2.05) is 31.2 Å². The molecule has 106 valence electrons. The van der Waals surface area contributed by atoms with Crippen molar-refractivity contribution < 1.29 is 0 Å². The number of hydrogen-bond acceptors (Lipinski definition) is 5. The molecule has 4 N–H and O–H groups in total. The molecule has 0 aliphatic heterocycles. The maximum atomic E-state index is 5.86. The smallest absolute Gasteiger partial charge is 0.145 e. The summed E-state index contributed by atoms with van der Waals surface area (Å²) in [5, 5.41) is 4.03. The van der Waals surface area contributed by atoms with Gasteiger partial charge in [0.15, 0.2) is 0 Å². The van der Waals surface area contributed by atoms with Crippen molar-refractivity contribution in [3.63, 3.8) is 0 Å². The van der Waals surface area contributed by atoms with Crippen LogP contribution < -0.4 is 16.6 Å². The first kappa shape index (κ1) is 14.6. The number of hydrazine groups is 1. The van der Waals surface area contributed by atoms with Crippen LogP contribution in [0.25, 0.3) is 0 Å². The minimum Gasteiger partial charge on any atom is -0.370 e. The summed E-state index contributed by atoms with van der Waals surface area (Å²) >= 11 is 5.86. The second-order valence-corrected chi connectivity index (χ2v) is 4.79. The number of benzene rings is 1. The van der Waals surface area contributed by atoms with E-state index in [-0.39, 0.29) is 0 Å². The molecule has 0 unspecified atom stereocenters. The van der Waals surface area contributed by atoms with Gasteiger partial charge in [-0.25, -0.2) is 15.8 Å². The number of hydrogen-bond donors (Lipinski definition) is 3. The van der Waals surface area contributed by atoms with Gasteiger partial charge in [-0.2, -0.15) is 0 Å². The molecule has 0 spiro atoms.